The van der Waals surface area contributed by atoms with Crippen LogP contribution in [0, 0.1) is 16.4 Å². The van der Waals surface area contributed by atoms with Gasteiger partial charge in [-0.2, -0.15) is 5.10 Å². The Morgan fingerprint density at radius 2 is 2.15 bits per heavy atom. The summed E-state index contributed by atoms with van der Waals surface area (Å²) in [5.74, 6) is 1.68. The number of halogens is 1. The van der Waals surface area contributed by atoms with E-state index < -0.39 is 0 Å². The molecule has 0 amide bonds. The largest absolute Gasteiger partial charge is 0.383 e. The first-order valence-corrected chi connectivity index (χ1v) is 5.67. The summed E-state index contributed by atoms with van der Waals surface area (Å²) >= 11 is 2.26. The van der Waals surface area contributed by atoms with Crippen LogP contribution in [0.25, 0.3) is 0 Å². The molecule has 0 unspecified atom stereocenters. The molecule has 3 nitrogen and oxygen atoms in total. The third-order valence-electron chi connectivity index (χ3n) is 2.74. The van der Waals surface area contributed by atoms with E-state index in [1.54, 1.807) is 0 Å². The van der Waals surface area contributed by atoms with Gasteiger partial charge in [-0.15, -0.1) is 0 Å². The lowest BCUT2D eigenvalue weighted by Crippen LogP contribution is -2.26. The zero-order valence-corrected chi connectivity index (χ0v) is 10.1. The van der Waals surface area contributed by atoms with Gasteiger partial charge < -0.3 is 5.73 Å². The van der Waals surface area contributed by atoms with Crippen LogP contribution >= 0.6 is 22.6 Å². The molecule has 2 N–H and O–H groups in total. The molecule has 0 aromatic carbocycles. The number of nitrogen functional groups attached to an aromatic ring is 1. The fourth-order valence-corrected chi connectivity index (χ4v) is 2.24. The van der Waals surface area contributed by atoms with Crippen molar-refractivity contribution in [2.24, 2.45) is 5.92 Å². The topological polar surface area (TPSA) is 43.8 Å². The van der Waals surface area contributed by atoms with Gasteiger partial charge in [0, 0.05) is 0 Å². The van der Waals surface area contributed by atoms with Crippen LogP contribution < -0.4 is 5.73 Å². The Balaban J connectivity index is 2.26. The molecule has 1 fully saturated rings. The minimum atomic E-state index is 0.553. The van der Waals surface area contributed by atoms with Crippen LogP contribution in [-0.4, -0.2) is 9.78 Å². The second kappa shape index (κ2) is 3.15. The first kappa shape index (κ1) is 9.30. The maximum atomic E-state index is 5.95. The average molecular weight is 291 g/mol. The summed E-state index contributed by atoms with van der Waals surface area (Å²) < 4.78 is 3.11. The van der Waals surface area contributed by atoms with Crippen molar-refractivity contribution < 1.29 is 0 Å². The minimum Gasteiger partial charge on any atom is -0.383 e. The Kier molecular flexibility index (Phi) is 2.25. The van der Waals surface area contributed by atoms with E-state index in [0.29, 0.717) is 6.04 Å². The highest BCUT2D eigenvalue weighted by atomic mass is 127. The molecular weight excluding hydrogens is 277 g/mol. The van der Waals surface area contributed by atoms with Gasteiger partial charge >= 0.3 is 0 Å². The van der Waals surface area contributed by atoms with Crippen molar-refractivity contribution in [3.63, 3.8) is 0 Å². The summed E-state index contributed by atoms with van der Waals surface area (Å²) in [6.07, 6.45) is 2.45. The predicted octanol–water partition coefficient (Wildman–Crippen LogP) is 2.35. The van der Waals surface area contributed by atoms with E-state index in [0.717, 1.165) is 21.0 Å². The molecule has 72 valence electrons. The smallest absolute Gasteiger partial charge is 0.135 e. The Morgan fingerprint density at radius 1 is 1.54 bits per heavy atom. The van der Waals surface area contributed by atoms with Crippen LogP contribution in [0.3, 0.4) is 0 Å². The van der Waals surface area contributed by atoms with E-state index in [1.807, 2.05) is 11.6 Å². The molecule has 0 radical (unpaired) electrons. The van der Waals surface area contributed by atoms with Gasteiger partial charge in [-0.3, -0.25) is 0 Å². The second-order valence-corrected chi connectivity index (χ2v) is 5.04. The number of nitrogens with zero attached hydrogens (tertiary/aromatic N) is 2. The van der Waals surface area contributed by atoms with Crippen molar-refractivity contribution in [2.75, 3.05) is 5.73 Å². The van der Waals surface area contributed by atoms with E-state index in [4.69, 9.17) is 5.73 Å². The van der Waals surface area contributed by atoms with Crippen molar-refractivity contribution in [1.29, 1.82) is 0 Å². The van der Waals surface area contributed by atoms with Crippen molar-refractivity contribution in [1.82, 2.24) is 9.78 Å². The third kappa shape index (κ3) is 1.45. The first-order chi connectivity index (χ1) is 6.09. The van der Waals surface area contributed by atoms with Crippen molar-refractivity contribution in [2.45, 2.75) is 32.7 Å². The summed E-state index contributed by atoms with van der Waals surface area (Å²) in [7, 11) is 0. The molecule has 0 saturated heterocycles. The Bertz CT molecular complexity index is 326. The maximum Gasteiger partial charge on any atom is 0.135 e. The number of aryl methyl sites for hydroxylation is 1. The van der Waals surface area contributed by atoms with Crippen LogP contribution in [0.15, 0.2) is 0 Å². The van der Waals surface area contributed by atoms with Gasteiger partial charge in [0.25, 0.3) is 0 Å². The van der Waals surface area contributed by atoms with E-state index in [9.17, 15) is 0 Å². The molecule has 2 rings (SSSR count). The van der Waals surface area contributed by atoms with E-state index in [1.165, 1.54) is 12.8 Å². The Hall–Kier alpha value is -0.260. The summed E-state index contributed by atoms with van der Waals surface area (Å²) in [6.45, 7) is 4.28. The van der Waals surface area contributed by atoms with E-state index in [2.05, 4.69) is 34.6 Å². The van der Waals surface area contributed by atoms with Gasteiger partial charge in [0.15, 0.2) is 0 Å². The average Bonchev–Trinajstić information content (AvgIpc) is 2.27. The number of rotatable bonds is 1. The Morgan fingerprint density at radius 3 is 2.54 bits per heavy atom. The van der Waals surface area contributed by atoms with Crippen LogP contribution in [0.1, 0.15) is 31.5 Å². The molecule has 1 heterocycles. The van der Waals surface area contributed by atoms with Gasteiger partial charge in [0.05, 0.1) is 15.3 Å². The van der Waals surface area contributed by atoms with Crippen LogP contribution in [0.2, 0.25) is 0 Å². The summed E-state index contributed by atoms with van der Waals surface area (Å²) in [5, 5.41) is 4.45. The zero-order chi connectivity index (χ0) is 9.59. The molecular formula is C9H14IN3. The first-order valence-electron chi connectivity index (χ1n) is 4.59. The van der Waals surface area contributed by atoms with Crippen LogP contribution in [0.4, 0.5) is 5.82 Å². The molecule has 1 aromatic heterocycles. The number of nitrogens with two attached hydrogens (primary N) is 1. The molecule has 1 aliphatic rings. The molecule has 0 aliphatic heterocycles. The molecule has 0 spiro atoms. The highest BCUT2D eigenvalue weighted by Gasteiger charge is 2.29. The number of hydrogen-bond acceptors (Lipinski definition) is 2. The van der Waals surface area contributed by atoms with Gasteiger partial charge in [0.2, 0.25) is 0 Å². The van der Waals surface area contributed by atoms with Gasteiger partial charge in [0.1, 0.15) is 5.82 Å². The fourth-order valence-electron chi connectivity index (χ4n) is 1.88. The third-order valence-corrected chi connectivity index (χ3v) is 4.08. The zero-order valence-electron chi connectivity index (χ0n) is 7.92. The monoisotopic (exact) mass is 291 g/mol. The minimum absolute atomic E-state index is 0.553. The summed E-state index contributed by atoms with van der Waals surface area (Å²) in [6, 6.07) is 0.553. The SMILES string of the molecule is Cc1nn(C2CC(C)C2)c(N)c1I. The number of hydrogen-bond donors (Lipinski definition) is 1. The van der Waals surface area contributed by atoms with Crippen molar-refractivity contribution in [3.8, 4) is 0 Å². The van der Waals surface area contributed by atoms with E-state index >= 15 is 0 Å². The molecule has 0 bridgehead atoms. The lowest BCUT2D eigenvalue weighted by Gasteiger charge is -2.33. The highest BCUT2D eigenvalue weighted by Crippen LogP contribution is 2.39. The lowest BCUT2D eigenvalue weighted by atomic mass is 9.82. The maximum absolute atomic E-state index is 5.95. The summed E-state index contributed by atoms with van der Waals surface area (Å²) in [5.41, 5.74) is 7.01. The van der Waals surface area contributed by atoms with E-state index in [-0.39, 0.29) is 0 Å². The quantitative estimate of drug-likeness (QED) is 0.807. The number of anilines is 1. The van der Waals surface area contributed by atoms with Gasteiger partial charge in [-0.05, 0) is 48.3 Å². The van der Waals surface area contributed by atoms with Gasteiger partial charge in [-0.25, -0.2) is 4.68 Å². The fraction of sp³-hybridized carbons (Fsp3) is 0.667. The molecule has 4 heteroatoms. The molecule has 1 saturated carbocycles. The predicted molar refractivity (Wildman–Crippen MR) is 61.5 cm³/mol. The van der Waals surface area contributed by atoms with Gasteiger partial charge in [-0.1, -0.05) is 6.92 Å². The molecule has 1 aliphatic carbocycles. The highest BCUT2D eigenvalue weighted by molar-refractivity contribution is 14.1. The second-order valence-electron chi connectivity index (χ2n) is 3.96. The van der Waals surface area contributed by atoms with Crippen LogP contribution in [0.5, 0.6) is 0 Å². The standard InChI is InChI=1S/C9H14IN3/c1-5-3-7(4-5)13-9(11)8(10)6(2)12-13/h5,7H,3-4,11H2,1-2H3. The van der Waals surface area contributed by atoms with Crippen molar-refractivity contribution in [3.05, 3.63) is 9.26 Å². The molecule has 1 aromatic rings. The van der Waals surface area contributed by atoms with Crippen LogP contribution in [-0.2, 0) is 0 Å². The molecule has 13 heavy (non-hydrogen) atoms. The molecule has 0 atom stereocenters. The normalized spacial score (nSPS) is 27.3. The summed E-state index contributed by atoms with van der Waals surface area (Å²) in [4.78, 5) is 0. The number of aromatic nitrogens is 2. The van der Waals surface area contributed by atoms with Crippen molar-refractivity contribution >= 4 is 28.4 Å². The Labute approximate surface area is 91.8 Å². The lowest BCUT2D eigenvalue weighted by molar-refractivity contribution is 0.202.